The van der Waals surface area contributed by atoms with Crippen molar-refractivity contribution in [2.75, 3.05) is 5.32 Å². The summed E-state index contributed by atoms with van der Waals surface area (Å²) in [6, 6.07) is 26.2. The fourth-order valence-corrected chi connectivity index (χ4v) is 3.59. The molecular formula is C25H21BCl2N4O2. The molecular weight excluding hydrogens is 470 g/mol. The Morgan fingerprint density at radius 2 is 1.47 bits per heavy atom. The molecule has 0 amide bonds. The molecule has 2 aromatic heterocycles. The van der Waals surface area contributed by atoms with E-state index in [0.29, 0.717) is 15.5 Å². The van der Waals surface area contributed by atoms with Crippen molar-refractivity contribution in [1.29, 1.82) is 0 Å². The zero-order valence-corrected chi connectivity index (χ0v) is 19.7. The third-order valence-corrected chi connectivity index (χ3v) is 5.49. The molecule has 0 aliphatic rings. The number of hydrogen-bond acceptors (Lipinski definition) is 5. The molecule has 0 aliphatic heterocycles. The first-order chi connectivity index (χ1) is 16.4. The van der Waals surface area contributed by atoms with Gasteiger partial charge in [-0.3, -0.25) is 5.10 Å². The lowest BCUT2D eigenvalue weighted by Gasteiger charge is -2.10. The number of rotatable bonds is 4. The van der Waals surface area contributed by atoms with E-state index in [1.807, 2.05) is 55.5 Å². The third kappa shape index (κ3) is 5.95. The summed E-state index contributed by atoms with van der Waals surface area (Å²) in [5.74, 6) is 1.50. The lowest BCUT2D eigenvalue weighted by Crippen LogP contribution is -2.29. The largest absolute Gasteiger partial charge is 0.488 e. The van der Waals surface area contributed by atoms with Crippen LogP contribution in [0.2, 0.25) is 10.0 Å². The van der Waals surface area contributed by atoms with Crippen LogP contribution in [0.3, 0.4) is 0 Å². The monoisotopic (exact) mass is 490 g/mol. The SMILES string of the molecule is Cc1cc(Nc2cc3ccccc3c(-c3ccc(Cl)cc3)n2)n[nH]1.OB(O)c1ccc(Cl)cc1. The van der Waals surface area contributed by atoms with Gasteiger partial charge in [0.2, 0.25) is 0 Å². The normalized spacial score (nSPS) is 10.5. The summed E-state index contributed by atoms with van der Waals surface area (Å²) in [5.41, 5.74) is 3.39. The lowest BCUT2D eigenvalue weighted by molar-refractivity contribution is 0.426. The third-order valence-electron chi connectivity index (χ3n) is 4.99. The van der Waals surface area contributed by atoms with Gasteiger partial charge in [0.1, 0.15) is 5.82 Å². The molecule has 5 aromatic rings. The number of benzene rings is 3. The number of pyridine rings is 1. The molecule has 0 radical (unpaired) electrons. The number of nitrogens with zero attached hydrogens (tertiary/aromatic N) is 2. The first-order valence-electron chi connectivity index (χ1n) is 10.5. The molecule has 5 rings (SSSR count). The molecule has 3 aromatic carbocycles. The Balaban J connectivity index is 0.000000231. The maximum Gasteiger partial charge on any atom is 0.488 e. The first-order valence-corrected chi connectivity index (χ1v) is 11.2. The number of nitrogens with one attached hydrogen (secondary N) is 2. The number of anilines is 2. The minimum Gasteiger partial charge on any atom is -0.423 e. The summed E-state index contributed by atoms with van der Waals surface area (Å²) in [4.78, 5) is 4.80. The lowest BCUT2D eigenvalue weighted by atomic mass is 9.81. The number of aromatic amines is 1. The van der Waals surface area contributed by atoms with Gasteiger partial charge in [-0.15, -0.1) is 0 Å². The first kappa shape index (κ1) is 23.8. The van der Waals surface area contributed by atoms with E-state index in [2.05, 4.69) is 27.6 Å². The molecule has 0 fully saturated rings. The predicted octanol–water partition coefficient (Wildman–Crippen LogP) is 5.35. The predicted molar refractivity (Wildman–Crippen MR) is 140 cm³/mol. The fourth-order valence-electron chi connectivity index (χ4n) is 3.34. The van der Waals surface area contributed by atoms with Crippen molar-refractivity contribution in [1.82, 2.24) is 15.2 Å². The summed E-state index contributed by atoms with van der Waals surface area (Å²) in [6.07, 6.45) is 0. The van der Waals surface area contributed by atoms with Crippen LogP contribution in [-0.2, 0) is 0 Å². The van der Waals surface area contributed by atoms with Gasteiger partial charge >= 0.3 is 7.12 Å². The zero-order valence-electron chi connectivity index (χ0n) is 18.2. The highest BCUT2D eigenvalue weighted by molar-refractivity contribution is 6.58. The second-order valence-corrected chi connectivity index (χ2v) is 8.44. The van der Waals surface area contributed by atoms with Crippen LogP contribution < -0.4 is 10.8 Å². The summed E-state index contributed by atoms with van der Waals surface area (Å²) in [7, 11) is -1.41. The van der Waals surface area contributed by atoms with Gasteiger partial charge in [0.05, 0.1) is 5.69 Å². The van der Waals surface area contributed by atoms with E-state index >= 15 is 0 Å². The number of H-pyrrole nitrogens is 1. The van der Waals surface area contributed by atoms with Crippen LogP contribution in [0.15, 0.2) is 84.9 Å². The Labute approximate surface area is 207 Å². The Morgan fingerprint density at radius 3 is 2.09 bits per heavy atom. The topological polar surface area (TPSA) is 94.1 Å². The highest BCUT2D eigenvalue weighted by atomic mass is 35.5. The van der Waals surface area contributed by atoms with Gasteiger partial charge in [0, 0.05) is 32.8 Å². The standard InChI is InChI=1S/C19H15ClN4.C6H6BClO2/c1-12-10-18(24-23-12)21-17-11-14-4-2-3-5-16(14)19(22-17)13-6-8-15(20)9-7-13;8-6-3-1-5(2-4-6)7(9)10/h2-11H,1H3,(H2,21,22,23,24);1-4,9-10H. The summed E-state index contributed by atoms with van der Waals surface area (Å²) >= 11 is 11.6. The number of aryl methyl sites for hydroxylation is 1. The molecule has 170 valence electrons. The average molecular weight is 491 g/mol. The van der Waals surface area contributed by atoms with Gasteiger partial charge < -0.3 is 15.4 Å². The van der Waals surface area contributed by atoms with Gasteiger partial charge in [0.15, 0.2) is 5.82 Å². The van der Waals surface area contributed by atoms with E-state index in [1.165, 1.54) is 0 Å². The van der Waals surface area contributed by atoms with E-state index in [9.17, 15) is 0 Å². The van der Waals surface area contributed by atoms with Crippen LogP contribution in [0.5, 0.6) is 0 Å². The van der Waals surface area contributed by atoms with Crippen LogP contribution in [0.25, 0.3) is 22.0 Å². The molecule has 0 saturated carbocycles. The number of hydrogen-bond donors (Lipinski definition) is 4. The van der Waals surface area contributed by atoms with Crippen molar-refractivity contribution in [2.45, 2.75) is 6.92 Å². The Bertz CT molecular complexity index is 1390. The van der Waals surface area contributed by atoms with Crippen molar-refractivity contribution in [3.63, 3.8) is 0 Å². The average Bonchev–Trinajstić information content (AvgIpc) is 3.24. The highest BCUT2D eigenvalue weighted by Crippen LogP contribution is 2.30. The Morgan fingerprint density at radius 1 is 0.824 bits per heavy atom. The van der Waals surface area contributed by atoms with Crippen LogP contribution >= 0.6 is 23.2 Å². The molecule has 6 nitrogen and oxygen atoms in total. The molecule has 0 aliphatic carbocycles. The number of aromatic nitrogens is 3. The van der Waals surface area contributed by atoms with Crippen LogP contribution in [0.1, 0.15) is 5.69 Å². The van der Waals surface area contributed by atoms with Crippen molar-refractivity contribution >= 4 is 58.2 Å². The summed E-state index contributed by atoms with van der Waals surface area (Å²) in [5, 5.41) is 31.2. The Hall–Kier alpha value is -3.36. The number of fused-ring (bicyclic) bond motifs is 1. The molecule has 0 saturated heterocycles. The molecule has 0 bridgehead atoms. The van der Waals surface area contributed by atoms with Crippen molar-refractivity contribution in [3.8, 4) is 11.3 Å². The molecule has 0 atom stereocenters. The highest BCUT2D eigenvalue weighted by Gasteiger charge is 2.10. The summed E-state index contributed by atoms with van der Waals surface area (Å²) in [6.45, 7) is 1.96. The van der Waals surface area contributed by atoms with Crippen LogP contribution in [-0.4, -0.2) is 32.3 Å². The molecule has 2 heterocycles. The van der Waals surface area contributed by atoms with E-state index in [0.717, 1.165) is 39.4 Å². The quantitative estimate of drug-likeness (QED) is 0.255. The van der Waals surface area contributed by atoms with Gasteiger partial charge in [-0.2, -0.15) is 5.10 Å². The van der Waals surface area contributed by atoms with E-state index in [4.69, 9.17) is 38.2 Å². The van der Waals surface area contributed by atoms with Gasteiger partial charge in [-0.05, 0) is 48.1 Å². The van der Waals surface area contributed by atoms with E-state index < -0.39 is 7.12 Å². The molecule has 0 unspecified atom stereocenters. The maximum absolute atomic E-state index is 8.63. The second kappa shape index (κ2) is 10.7. The van der Waals surface area contributed by atoms with Gasteiger partial charge in [-0.1, -0.05) is 71.7 Å². The fraction of sp³-hybridized carbons (Fsp3) is 0.0400. The molecule has 4 N–H and O–H groups in total. The van der Waals surface area contributed by atoms with Crippen molar-refractivity contribution in [2.24, 2.45) is 0 Å². The molecule has 0 spiro atoms. The van der Waals surface area contributed by atoms with E-state index in [1.54, 1.807) is 24.3 Å². The minimum atomic E-state index is -1.41. The van der Waals surface area contributed by atoms with Crippen molar-refractivity contribution in [3.05, 3.63) is 101 Å². The Kier molecular flexibility index (Phi) is 7.50. The van der Waals surface area contributed by atoms with Crippen LogP contribution in [0.4, 0.5) is 11.6 Å². The maximum atomic E-state index is 8.63. The van der Waals surface area contributed by atoms with Crippen molar-refractivity contribution < 1.29 is 10.0 Å². The van der Waals surface area contributed by atoms with Gasteiger partial charge in [0.25, 0.3) is 0 Å². The number of halogens is 2. The zero-order chi connectivity index (χ0) is 24.1. The van der Waals surface area contributed by atoms with E-state index in [-0.39, 0.29) is 0 Å². The summed E-state index contributed by atoms with van der Waals surface area (Å²) < 4.78 is 0. The smallest absolute Gasteiger partial charge is 0.423 e. The molecule has 9 heteroatoms. The molecule has 34 heavy (non-hydrogen) atoms. The second-order valence-electron chi connectivity index (χ2n) is 7.57. The van der Waals surface area contributed by atoms with Crippen LogP contribution in [0, 0.1) is 6.92 Å². The van der Waals surface area contributed by atoms with Gasteiger partial charge in [-0.25, -0.2) is 4.98 Å². The minimum absolute atomic E-state index is 0.449.